The number of nitrogens with zero attached hydrogens (tertiary/aromatic N) is 4. The number of para-hydroxylation sites is 1. The van der Waals surface area contributed by atoms with E-state index < -0.39 is 0 Å². The van der Waals surface area contributed by atoms with Crippen LogP contribution >= 0.6 is 15.9 Å². The molecule has 114 valence electrons. The molecule has 22 heavy (non-hydrogen) atoms. The van der Waals surface area contributed by atoms with E-state index in [9.17, 15) is 0 Å². The Kier molecular flexibility index (Phi) is 4.73. The topological polar surface area (TPSA) is 33.4 Å². The first-order valence-electron chi connectivity index (χ1n) is 7.57. The molecule has 0 aliphatic carbocycles. The third-order valence-electron chi connectivity index (χ3n) is 3.65. The lowest BCUT2D eigenvalue weighted by atomic mass is 10.2. The smallest absolute Gasteiger partial charge is 0.234 e. The van der Waals surface area contributed by atoms with E-state index in [2.05, 4.69) is 62.0 Å². The van der Waals surface area contributed by atoms with E-state index in [1.54, 1.807) is 6.20 Å². The zero-order valence-corrected chi connectivity index (χ0v) is 14.2. The van der Waals surface area contributed by atoms with Crippen molar-refractivity contribution in [3.8, 4) is 0 Å². The third kappa shape index (κ3) is 3.14. The molecule has 0 amide bonds. The van der Waals surface area contributed by atoms with Crippen molar-refractivity contribution >= 4 is 27.4 Å². The lowest BCUT2D eigenvalue weighted by Crippen LogP contribution is -2.24. The van der Waals surface area contributed by atoms with Crippen LogP contribution in [0.4, 0.5) is 5.69 Å². The number of anilines is 1. The third-order valence-corrected chi connectivity index (χ3v) is 4.49. The summed E-state index contributed by atoms with van der Waals surface area (Å²) in [5.41, 5.74) is 2.24. The van der Waals surface area contributed by atoms with Gasteiger partial charge in [0.15, 0.2) is 0 Å². The molecule has 0 aliphatic heterocycles. The minimum atomic E-state index is 0.730. The van der Waals surface area contributed by atoms with Crippen molar-refractivity contribution in [2.45, 2.75) is 26.3 Å². The predicted molar refractivity (Wildman–Crippen MR) is 93.1 cm³/mol. The number of rotatable bonds is 6. The highest BCUT2D eigenvalue weighted by atomic mass is 79.9. The molecule has 0 spiro atoms. The Hall–Kier alpha value is -1.88. The van der Waals surface area contributed by atoms with Crippen LogP contribution < -0.4 is 4.90 Å². The monoisotopic (exact) mass is 358 g/mol. The van der Waals surface area contributed by atoms with Crippen LogP contribution in [-0.4, -0.2) is 20.9 Å². The van der Waals surface area contributed by atoms with E-state index in [0.29, 0.717) is 0 Å². The molecule has 0 saturated carbocycles. The van der Waals surface area contributed by atoms with Gasteiger partial charge in [-0.25, -0.2) is 9.97 Å². The quantitative estimate of drug-likeness (QED) is 0.658. The van der Waals surface area contributed by atoms with Crippen LogP contribution in [0.2, 0.25) is 0 Å². The number of imidazole rings is 1. The Balaban J connectivity index is 1.90. The fourth-order valence-electron chi connectivity index (χ4n) is 2.47. The number of benzene rings is 1. The van der Waals surface area contributed by atoms with Gasteiger partial charge >= 0.3 is 0 Å². The van der Waals surface area contributed by atoms with Crippen molar-refractivity contribution in [1.29, 1.82) is 0 Å². The molecule has 0 bridgehead atoms. The molecule has 0 saturated heterocycles. The number of hydrogen-bond acceptors (Lipinski definition) is 3. The van der Waals surface area contributed by atoms with E-state index in [0.717, 1.165) is 35.6 Å². The van der Waals surface area contributed by atoms with Crippen molar-refractivity contribution in [2.75, 3.05) is 11.4 Å². The van der Waals surface area contributed by atoms with Crippen molar-refractivity contribution < 1.29 is 0 Å². The second-order valence-corrected chi connectivity index (χ2v) is 6.00. The van der Waals surface area contributed by atoms with Gasteiger partial charge in [0, 0.05) is 24.6 Å². The van der Waals surface area contributed by atoms with Gasteiger partial charge in [0.05, 0.1) is 12.2 Å². The molecule has 0 radical (unpaired) electrons. The molecule has 0 unspecified atom stereocenters. The van der Waals surface area contributed by atoms with Crippen LogP contribution in [0.1, 0.15) is 25.5 Å². The molecule has 2 heterocycles. The summed E-state index contributed by atoms with van der Waals surface area (Å²) in [4.78, 5) is 11.3. The number of unbranched alkanes of at least 4 members (excludes halogenated alkanes) is 1. The van der Waals surface area contributed by atoms with E-state index in [4.69, 9.17) is 0 Å². The van der Waals surface area contributed by atoms with Crippen LogP contribution in [-0.2, 0) is 6.54 Å². The predicted octanol–water partition coefficient (Wildman–Crippen LogP) is 4.30. The van der Waals surface area contributed by atoms with Crippen LogP contribution in [0.25, 0.3) is 5.78 Å². The number of halogens is 1. The fraction of sp³-hybridized carbons (Fsp3) is 0.294. The highest BCUT2D eigenvalue weighted by molar-refractivity contribution is 9.10. The fourth-order valence-corrected chi connectivity index (χ4v) is 2.96. The minimum Gasteiger partial charge on any atom is -0.366 e. The van der Waals surface area contributed by atoms with Crippen molar-refractivity contribution in [3.63, 3.8) is 0 Å². The standard InChI is InChI=1S/C17H19BrN4/c1-2-3-11-21(14-8-5-4-6-9-14)13-15-16(18)22-12-7-10-19-17(22)20-15/h4-10,12H,2-3,11,13H2,1H3. The second-order valence-electron chi connectivity index (χ2n) is 5.25. The maximum absolute atomic E-state index is 4.65. The summed E-state index contributed by atoms with van der Waals surface area (Å²) >= 11 is 3.65. The summed E-state index contributed by atoms with van der Waals surface area (Å²) in [5.74, 6) is 0.730. The molecule has 1 aromatic carbocycles. The zero-order valence-electron chi connectivity index (χ0n) is 12.6. The highest BCUT2D eigenvalue weighted by Gasteiger charge is 2.14. The highest BCUT2D eigenvalue weighted by Crippen LogP contribution is 2.23. The Labute approximate surface area is 138 Å². The van der Waals surface area contributed by atoms with Crippen LogP contribution in [0, 0.1) is 0 Å². The average molecular weight is 359 g/mol. The van der Waals surface area contributed by atoms with Gasteiger partial charge in [-0.2, -0.15) is 0 Å². The Bertz CT molecular complexity index is 739. The van der Waals surface area contributed by atoms with Gasteiger partial charge in [0.2, 0.25) is 5.78 Å². The van der Waals surface area contributed by atoms with Gasteiger partial charge in [-0.05, 0) is 40.5 Å². The van der Waals surface area contributed by atoms with Gasteiger partial charge in [-0.3, -0.25) is 4.40 Å². The molecule has 5 heteroatoms. The molecular formula is C17H19BrN4. The Morgan fingerprint density at radius 1 is 1.18 bits per heavy atom. The molecular weight excluding hydrogens is 340 g/mol. The summed E-state index contributed by atoms with van der Waals surface area (Å²) in [6, 6.07) is 12.4. The molecule has 4 nitrogen and oxygen atoms in total. The first-order valence-corrected chi connectivity index (χ1v) is 8.36. The minimum absolute atomic E-state index is 0.730. The zero-order chi connectivity index (χ0) is 15.4. The van der Waals surface area contributed by atoms with Gasteiger partial charge < -0.3 is 4.90 Å². The average Bonchev–Trinajstić information content (AvgIpc) is 2.89. The molecule has 2 aromatic heterocycles. The van der Waals surface area contributed by atoms with E-state index in [-0.39, 0.29) is 0 Å². The first kappa shape index (κ1) is 15.0. The van der Waals surface area contributed by atoms with E-state index >= 15 is 0 Å². The van der Waals surface area contributed by atoms with E-state index in [1.165, 1.54) is 12.1 Å². The van der Waals surface area contributed by atoms with Crippen LogP contribution in [0.15, 0.2) is 53.4 Å². The molecule has 3 aromatic rings. The summed E-state index contributed by atoms with van der Waals surface area (Å²) in [5, 5.41) is 0. The molecule has 0 atom stereocenters. The van der Waals surface area contributed by atoms with Gasteiger partial charge in [0.25, 0.3) is 0 Å². The van der Waals surface area contributed by atoms with Gasteiger partial charge in [-0.15, -0.1) is 0 Å². The second kappa shape index (κ2) is 6.92. The lowest BCUT2D eigenvalue weighted by Gasteiger charge is -2.24. The van der Waals surface area contributed by atoms with Crippen molar-refractivity contribution in [1.82, 2.24) is 14.4 Å². The summed E-state index contributed by atoms with van der Waals surface area (Å²) in [7, 11) is 0. The van der Waals surface area contributed by atoms with Gasteiger partial charge in [-0.1, -0.05) is 31.5 Å². The molecule has 3 rings (SSSR count). The largest absolute Gasteiger partial charge is 0.366 e. The van der Waals surface area contributed by atoms with Crippen molar-refractivity contribution in [3.05, 3.63) is 59.1 Å². The normalized spacial score (nSPS) is 11.0. The summed E-state index contributed by atoms with van der Waals surface area (Å²) in [6.45, 7) is 4.01. The maximum Gasteiger partial charge on any atom is 0.234 e. The first-order chi connectivity index (χ1) is 10.8. The molecule has 0 N–H and O–H groups in total. The number of fused-ring (bicyclic) bond motifs is 1. The van der Waals surface area contributed by atoms with Crippen molar-refractivity contribution in [2.24, 2.45) is 0 Å². The van der Waals surface area contributed by atoms with Gasteiger partial charge in [0.1, 0.15) is 4.60 Å². The summed E-state index contributed by atoms with van der Waals surface area (Å²) in [6.07, 6.45) is 6.09. The maximum atomic E-state index is 4.65. The number of hydrogen-bond donors (Lipinski definition) is 0. The Morgan fingerprint density at radius 2 is 2.00 bits per heavy atom. The SMILES string of the molecule is CCCCN(Cc1nc2ncccn2c1Br)c1ccccc1. The van der Waals surface area contributed by atoms with Crippen LogP contribution in [0.3, 0.4) is 0 Å². The van der Waals surface area contributed by atoms with E-state index in [1.807, 2.05) is 22.7 Å². The summed E-state index contributed by atoms with van der Waals surface area (Å²) < 4.78 is 2.95. The number of aromatic nitrogens is 3. The molecule has 0 aliphatic rings. The van der Waals surface area contributed by atoms with Crippen LogP contribution in [0.5, 0.6) is 0 Å². The lowest BCUT2D eigenvalue weighted by molar-refractivity contribution is 0.708. The molecule has 0 fully saturated rings. The Morgan fingerprint density at radius 3 is 2.73 bits per heavy atom.